The molecule has 1 atom stereocenters. The van der Waals surface area contributed by atoms with Crippen LogP contribution in [0.4, 0.5) is 4.39 Å². The molecule has 0 radical (unpaired) electrons. The van der Waals surface area contributed by atoms with E-state index in [2.05, 4.69) is 10.2 Å². The first-order valence-corrected chi connectivity index (χ1v) is 7.54. The van der Waals surface area contributed by atoms with Crippen LogP contribution >= 0.6 is 36.4 Å². The van der Waals surface area contributed by atoms with Crippen LogP contribution in [0.3, 0.4) is 0 Å². The van der Waals surface area contributed by atoms with Gasteiger partial charge in [0.2, 0.25) is 0 Å². The van der Waals surface area contributed by atoms with Crippen molar-refractivity contribution in [2.45, 2.75) is 25.3 Å². The summed E-state index contributed by atoms with van der Waals surface area (Å²) < 4.78 is 14.4. The fourth-order valence-electron chi connectivity index (χ4n) is 3.21. The van der Waals surface area contributed by atoms with E-state index in [1.54, 1.807) is 6.07 Å². The van der Waals surface area contributed by atoms with Gasteiger partial charge in [0.05, 0.1) is 5.02 Å². The van der Waals surface area contributed by atoms with Gasteiger partial charge in [0.1, 0.15) is 5.82 Å². The van der Waals surface area contributed by atoms with Crippen LogP contribution in [-0.2, 0) is 0 Å². The number of piperazine rings is 1. The summed E-state index contributed by atoms with van der Waals surface area (Å²) in [5.74, 6) is 0.366. The first kappa shape index (κ1) is 19.0. The SMILES string of the molecule is Cl.Cl.Fc1c(Cl)cccc1[C@H](C1CCC1)N1CCNCC1. The van der Waals surface area contributed by atoms with Crippen molar-refractivity contribution in [2.75, 3.05) is 26.2 Å². The predicted molar refractivity (Wildman–Crippen MR) is 90.4 cm³/mol. The van der Waals surface area contributed by atoms with E-state index in [1.165, 1.54) is 19.3 Å². The molecular formula is C15H22Cl3FN2. The summed E-state index contributed by atoms with van der Waals surface area (Å²) in [7, 11) is 0. The molecule has 3 rings (SSSR count). The lowest BCUT2D eigenvalue weighted by Gasteiger charge is -2.43. The van der Waals surface area contributed by atoms with Crippen molar-refractivity contribution in [3.63, 3.8) is 0 Å². The van der Waals surface area contributed by atoms with Crippen LogP contribution in [-0.4, -0.2) is 31.1 Å². The van der Waals surface area contributed by atoms with Gasteiger partial charge in [0.25, 0.3) is 0 Å². The van der Waals surface area contributed by atoms with Gasteiger partial charge in [-0.25, -0.2) is 4.39 Å². The molecule has 2 aliphatic rings. The van der Waals surface area contributed by atoms with Gasteiger partial charge in [-0.05, 0) is 24.8 Å². The maximum absolute atomic E-state index is 14.4. The van der Waals surface area contributed by atoms with Gasteiger partial charge in [-0.2, -0.15) is 0 Å². The number of nitrogens with one attached hydrogen (secondary N) is 1. The Morgan fingerprint density at radius 3 is 2.43 bits per heavy atom. The summed E-state index contributed by atoms with van der Waals surface area (Å²) in [6.07, 6.45) is 3.69. The van der Waals surface area contributed by atoms with Crippen LogP contribution in [0.1, 0.15) is 30.9 Å². The molecule has 2 fully saturated rings. The Bertz CT molecular complexity index is 449. The second-order valence-electron chi connectivity index (χ2n) is 5.56. The van der Waals surface area contributed by atoms with Crippen molar-refractivity contribution in [1.82, 2.24) is 10.2 Å². The Kier molecular flexibility index (Phi) is 7.72. The molecule has 120 valence electrons. The Morgan fingerprint density at radius 1 is 1.19 bits per heavy atom. The Labute approximate surface area is 143 Å². The highest BCUT2D eigenvalue weighted by Gasteiger charge is 2.35. The smallest absolute Gasteiger partial charge is 0.146 e. The quantitative estimate of drug-likeness (QED) is 0.879. The molecule has 1 heterocycles. The minimum atomic E-state index is -0.223. The molecule has 0 unspecified atom stereocenters. The van der Waals surface area contributed by atoms with Crippen molar-refractivity contribution in [2.24, 2.45) is 5.92 Å². The molecule has 1 saturated carbocycles. The molecule has 1 N–H and O–H groups in total. The Morgan fingerprint density at radius 2 is 1.86 bits per heavy atom. The Balaban J connectivity index is 0.00000110. The Hall–Kier alpha value is -0.0600. The number of hydrogen-bond donors (Lipinski definition) is 1. The summed E-state index contributed by atoms with van der Waals surface area (Å²) in [4.78, 5) is 2.43. The third-order valence-electron chi connectivity index (χ3n) is 4.44. The summed E-state index contributed by atoms with van der Waals surface area (Å²) in [6, 6.07) is 5.62. The molecule has 21 heavy (non-hydrogen) atoms. The summed E-state index contributed by atoms with van der Waals surface area (Å²) in [5, 5.41) is 3.61. The molecule has 1 aromatic rings. The first-order valence-electron chi connectivity index (χ1n) is 7.16. The molecule has 1 aromatic carbocycles. The fraction of sp³-hybridized carbons (Fsp3) is 0.600. The lowest BCUT2D eigenvalue weighted by Crippen LogP contribution is -2.48. The zero-order valence-corrected chi connectivity index (χ0v) is 14.2. The van der Waals surface area contributed by atoms with Gasteiger partial charge < -0.3 is 5.32 Å². The van der Waals surface area contributed by atoms with Crippen LogP contribution in [0.15, 0.2) is 18.2 Å². The van der Waals surface area contributed by atoms with Crippen molar-refractivity contribution in [1.29, 1.82) is 0 Å². The van der Waals surface area contributed by atoms with Gasteiger partial charge in [0.15, 0.2) is 0 Å². The van der Waals surface area contributed by atoms with Crippen LogP contribution in [0.5, 0.6) is 0 Å². The molecule has 2 nitrogen and oxygen atoms in total. The van der Waals surface area contributed by atoms with Crippen LogP contribution in [0, 0.1) is 11.7 Å². The summed E-state index contributed by atoms with van der Waals surface area (Å²) in [5.41, 5.74) is 0.791. The third kappa shape index (κ3) is 4.02. The third-order valence-corrected chi connectivity index (χ3v) is 4.73. The standard InChI is InChI=1S/C15H20ClFN2.2ClH/c16-13-6-2-5-12(14(13)17)15(11-3-1-4-11)19-9-7-18-8-10-19;;/h2,5-6,11,15,18H,1,3-4,7-10H2;2*1H/t15-;;/m0../s1. The number of benzene rings is 1. The van der Waals surface area contributed by atoms with Crippen molar-refractivity contribution >= 4 is 36.4 Å². The van der Waals surface area contributed by atoms with Crippen LogP contribution in [0.25, 0.3) is 0 Å². The zero-order valence-electron chi connectivity index (χ0n) is 11.9. The van der Waals surface area contributed by atoms with Crippen LogP contribution < -0.4 is 5.32 Å². The summed E-state index contributed by atoms with van der Waals surface area (Å²) >= 11 is 5.96. The summed E-state index contributed by atoms with van der Waals surface area (Å²) in [6.45, 7) is 3.97. The van der Waals surface area contributed by atoms with Gasteiger partial charge in [-0.15, -0.1) is 24.8 Å². The largest absolute Gasteiger partial charge is 0.314 e. The predicted octanol–water partition coefficient (Wildman–Crippen LogP) is 4.07. The van der Waals surface area contributed by atoms with E-state index in [4.69, 9.17) is 11.6 Å². The monoisotopic (exact) mass is 354 g/mol. The topological polar surface area (TPSA) is 15.3 Å². The maximum atomic E-state index is 14.4. The molecule has 0 spiro atoms. The van der Waals surface area contributed by atoms with E-state index in [0.717, 1.165) is 31.7 Å². The van der Waals surface area contributed by atoms with E-state index in [1.807, 2.05) is 12.1 Å². The molecule has 0 amide bonds. The van der Waals surface area contributed by atoms with E-state index in [9.17, 15) is 4.39 Å². The minimum absolute atomic E-state index is 0. The van der Waals surface area contributed by atoms with E-state index < -0.39 is 0 Å². The van der Waals surface area contributed by atoms with Crippen LogP contribution in [0.2, 0.25) is 5.02 Å². The average Bonchev–Trinajstić information content (AvgIpc) is 2.38. The highest BCUT2D eigenvalue weighted by Crippen LogP contribution is 2.42. The van der Waals surface area contributed by atoms with Gasteiger partial charge in [0, 0.05) is 37.8 Å². The molecule has 1 aliphatic carbocycles. The molecule has 0 bridgehead atoms. The normalized spacial score (nSPS) is 20.9. The average molecular weight is 356 g/mol. The zero-order chi connectivity index (χ0) is 13.2. The molecule has 1 saturated heterocycles. The number of rotatable bonds is 3. The van der Waals surface area contributed by atoms with Gasteiger partial charge in [-0.3, -0.25) is 4.90 Å². The van der Waals surface area contributed by atoms with Crippen molar-refractivity contribution in [3.8, 4) is 0 Å². The van der Waals surface area contributed by atoms with Gasteiger partial charge in [-0.1, -0.05) is 30.2 Å². The lowest BCUT2D eigenvalue weighted by molar-refractivity contribution is 0.0812. The van der Waals surface area contributed by atoms with E-state index in [0.29, 0.717) is 5.92 Å². The van der Waals surface area contributed by atoms with Gasteiger partial charge >= 0.3 is 0 Å². The highest BCUT2D eigenvalue weighted by molar-refractivity contribution is 6.30. The number of nitrogens with zero attached hydrogens (tertiary/aromatic N) is 1. The first-order chi connectivity index (χ1) is 9.27. The molecule has 6 heteroatoms. The maximum Gasteiger partial charge on any atom is 0.146 e. The highest BCUT2D eigenvalue weighted by atomic mass is 35.5. The number of halogens is 4. The molecule has 1 aliphatic heterocycles. The second-order valence-corrected chi connectivity index (χ2v) is 5.97. The van der Waals surface area contributed by atoms with Crippen molar-refractivity contribution < 1.29 is 4.39 Å². The lowest BCUT2D eigenvalue weighted by atomic mass is 9.76. The fourth-order valence-corrected chi connectivity index (χ4v) is 3.40. The molecular weight excluding hydrogens is 334 g/mol. The van der Waals surface area contributed by atoms with Crippen molar-refractivity contribution in [3.05, 3.63) is 34.6 Å². The second kappa shape index (κ2) is 8.54. The van der Waals surface area contributed by atoms with E-state index >= 15 is 0 Å². The molecule has 0 aromatic heterocycles. The van der Waals surface area contributed by atoms with E-state index in [-0.39, 0.29) is 41.7 Å². The number of hydrogen-bond acceptors (Lipinski definition) is 2. The minimum Gasteiger partial charge on any atom is -0.314 e.